The maximum atomic E-state index is 11.7. The van der Waals surface area contributed by atoms with Crippen molar-refractivity contribution in [1.82, 2.24) is 4.90 Å². The molecule has 0 aliphatic carbocycles. The molecule has 3 unspecified atom stereocenters. The quantitative estimate of drug-likeness (QED) is 0.655. The van der Waals surface area contributed by atoms with Crippen molar-refractivity contribution in [3.8, 4) is 0 Å². The highest BCUT2D eigenvalue weighted by atomic mass is 16.5. The van der Waals surface area contributed by atoms with Crippen LogP contribution in [0, 0.1) is 0 Å². The fraction of sp³-hybridized carbons (Fsp3) is 0.818. The number of esters is 1. The largest absolute Gasteiger partial charge is 0.481 e. The topological polar surface area (TPSA) is 87.1 Å². The van der Waals surface area contributed by atoms with E-state index < -0.39 is 24.1 Å². The summed E-state index contributed by atoms with van der Waals surface area (Å²) in [5.41, 5.74) is 0. The summed E-state index contributed by atoms with van der Waals surface area (Å²) >= 11 is 0. The molecule has 0 amide bonds. The molecule has 1 aliphatic heterocycles. The van der Waals surface area contributed by atoms with Crippen molar-refractivity contribution in [1.29, 1.82) is 0 Å². The Bertz CT molecular complexity index is 290. The van der Waals surface area contributed by atoms with Crippen molar-refractivity contribution in [2.45, 2.75) is 44.9 Å². The Morgan fingerprint density at radius 3 is 2.82 bits per heavy atom. The minimum atomic E-state index is -0.937. The van der Waals surface area contributed by atoms with Gasteiger partial charge in [0.15, 0.2) is 0 Å². The molecule has 17 heavy (non-hydrogen) atoms. The number of ether oxygens (including phenoxy) is 1. The van der Waals surface area contributed by atoms with E-state index in [1.54, 1.807) is 18.7 Å². The predicted molar refractivity (Wildman–Crippen MR) is 59.5 cm³/mol. The molecule has 0 aromatic heterocycles. The molecule has 1 fully saturated rings. The summed E-state index contributed by atoms with van der Waals surface area (Å²) in [4.78, 5) is 24.0. The third-order valence-electron chi connectivity index (χ3n) is 2.65. The Morgan fingerprint density at radius 1 is 1.65 bits per heavy atom. The van der Waals surface area contributed by atoms with Crippen LogP contribution in [-0.4, -0.2) is 58.4 Å². The van der Waals surface area contributed by atoms with Crippen LogP contribution in [0.15, 0.2) is 0 Å². The van der Waals surface area contributed by atoms with Crippen LogP contribution in [0.5, 0.6) is 0 Å². The molecule has 0 aromatic carbocycles. The molecular formula is C11H19NO5. The SMILES string of the molecule is CC(O)CN1CC(C)OC(=O)C1CCC(=O)O. The van der Waals surface area contributed by atoms with Crippen molar-refractivity contribution < 1.29 is 24.5 Å². The van der Waals surface area contributed by atoms with Crippen LogP contribution in [-0.2, 0) is 14.3 Å². The number of rotatable bonds is 5. The van der Waals surface area contributed by atoms with Crippen LogP contribution in [0.3, 0.4) is 0 Å². The highest BCUT2D eigenvalue weighted by Crippen LogP contribution is 2.17. The first-order valence-corrected chi connectivity index (χ1v) is 5.74. The lowest BCUT2D eigenvalue weighted by molar-refractivity contribution is -0.166. The third-order valence-corrected chi connectivity index (χ3v) is 2.65. The molecule has 6 heteroatoms. The van der Waals surface area contributed by atoms with Gasteiger partial charge >= 0.3 is 11.9 Å². The van der Waals surface area contributed by atoms with Crippen LogP contribution in [0.1, 0.15) is 26.7 Å². The molecule has 0 aromatic rings. The Kier molecular flexibility index (Phi) is 4.89. The van der Waals surface area contributed by atoms with Crippen molar-refractivity contribution >= 4 is 11.9 Å². The highest BCUT2D eigenvalue weighted by molar-refractivity contribution is 5.77. The number of carboxylic acid groups (broad SMARTS) is 1. The van der Waals surface area contributed by atoms with E-state index in [0.717, 1.165) is 0 Å². The number of hydrogen-bond donors (Lipinski definition) is 2. The average molecular weight is 245 g/mol. The number of morpholine rings is 1. The summed E-state index contributed by atoms with van der Waals surface area (Å²) in [5.74, 6) is -1.33. The summed E-state index contributed by atoms with van der Waals surface area (Å²) in [6.07, 6.45) is -0.638. The number of hydrogen-bond acceptors (Lipinski definition) is 5. The number of cyclic esters (lactones) is 1. The molecule has 1 saturated heterocycles. The van der Waals surface area contributed by atoms with Gasteiger partial charge in [-0.3, -0.25) is 14.5 Å². The molecule has 6 nitrogen and oxygen atoms in total. The second-order valence-electron chi connectivity index (χ2n) is 4.50. The maximum absolute atomic E-state index is 11.7. The van der Waals surface area contributed by atoms with Crippen LogP contribution in [0.2, 0.25) is 0 Å². The van der Waals surface area contributed by atoms with Gasteiger partial charge in [-0.2, -0.15) is 0 Å². The minimum Gasteiger partial charge on any atom is -0.481 e. The third kappa shape index (κ3) is 4.32. The molecule has 3 atom stereocenters. The number of aliphatic hydroxyl groups excluding tert-OH is 1. The van der Waals surface area contributed by atoms with Gasteiger partial charge in [0.1, 0.15) is 12.1 Å². The lowest BCUT2D eigenvalue weighted by atomic mass is 10.1. The van der Waals surface area contributed by atoms with E-state index in [2.05, 4.69) is 0 Å². The molecule has 0 spiro atoms. The number of carbonyl (C=O) groups excluding carboxylic acids is 1. The Labute approximate surface area is 100 Å². The normalized spacial score (nSPS) is 27.6. The van der Waals surface area contributed by atoms with Gasteiger partial charge in [0, 0.05) is 19.5 Å². The van der Waals surface area contributed by atoms with E-state index in [9.17, 15) is 14.7 Å². The van der Waals surface area contributed by atoms with Gasteiger partial charge in [0.2, 0.25) is 0 Å². The highest BCUT2D eigenvalue weighted by Gasteiger charge is 2.35. The first-order chi connectivity index (χ1) is 7.90. The number of carboxylic acids is 1. The van der Waals surface area contributed by atoms with Crippen LogP contribution < -0.4 is 0 Å². The smallest absolute Gasteiger partial charge is 0.323 e. The first-order valence-electron chi connectivity index (χ1n) is 5.74. The Hall–Kier alpha value is -1.14. The van der Waals surface area contributed by atoms with E-state index in [4.69, 9.17) is 9.84 Å². The molecule has 0 radical (unpaired) electrons. The zero-order chi connectivity index (χ0) is 13.0. The van der Waals surface area contributed by atoms with Gasteiger partial charge < -0.3 is 14.9 Å². The van der Waals surface area contributed by atoms with Crippen molar-refractivity contribution in [2.75, 3.05) is 13.1 Å². The zero-order valence-corrected chi connectivity index (χ0v) is 10.1. The van der Waals surface area contributed by atoms with Gasteiger partial charge in [-0.05, 0) is 20.3 Å². The average Bonchev–Trinajstić information content (AvgIpc) is 2.14. The van der Waals surface area contributed by atoms with Crippen molar-refractivity contribution in [2.24, 2.45) is 0 Å². The second-order valence-corrected chi connectivity index (χ2v) is 4.50. The van der Waals surface area contributed by atoms with Crippen LogP contribution >= 0.6 is 0 Å². The fourth-order valence-corrected chi connectivity index (χ4v) is 2.02. The number of carbonyl (C=O) groups is 2. The Morgan fingerprint density at radius 2 is 2.29 bits per heavy atom. The summed E-state index contributed by atoms with van der Waals surface area (Å²) in [7, 11) is 0. The van der Waals surface area contributed by atoms with Gasteiger partial charge in [0.25, 0.3) is 0 Å². The summed E-state index contributed by atoms with van der Waals surface area (Å²) in [6, 6.07) is -0.558. The summed E-state index contributed by atoms with van der Waals surface area (Å²) in [5, 5.41) is 18.0. The van der Waals surface area contributed by atoms with E-state index in [-0.39, 0.29) is 18.9 Å². The van der Waals surface area contributed by atoms with Crippen molar-refractivity contribution in [3.05, 3.63) is 0 Å². The second kappa shape index (κ2) is 5.97. The standard InChI is InChI=1S/C11H19NO5/c1-7(13)5-12-6-8(2)17-11(16)9(12)3-4-10(14)15/h7-9,13H,3-6H2,1-2H3,(H,14,15). The Balaban J connectivity index is 2.65. The maximum Gasteiger partial charge on any atom is 0.323 e. The van der Waals surface area contributed by atoms with Crippen LogP contribution in [0.4, 0.5) is 0 Å². The fourth-order valence-electron chi connectivity index (χ4n) is 2.02. The zero-order valence-electron chi connectivity index (χ0n) is 10.1. The van der Waals surface area contributed by atoms with Gasteiger partial charge in [-0.25, -0.2) is 0 Å². The van der Waals surface area contributed by atoms with E-state index >= 15 is 0 Å². The van der Waals surface area contributed by atoms with E-state index in [1.807, 2.05) is 0 Å². The van der Waals surface area contributed by atoms with Crippen molar-refractivity contribution in [3.63, 3.8) is 0 Å². The molecular weight excluding hydrogens is 226 g/mol. The summed E-state index contributed by atoms with van der Waals surface area (Å²) in [6.45, 7) is 4.30. The molecule has 2 N–H and O–H groups in total. The lowest BCUT2D eigenvalue weighted by Crippen LogP contribution is -2.53. The molecule has 0 bridgehead atoms. The lowest BCUT2D eigenvalue weighted by Gasteiger charge is -2.37. The van der Waals surface area contributed by atoms with Crippen LogP contribution in [0.25, 0.3) is 0 Å². The number of aliphatic carboxylic acids is 1. The molecule has 1 heterocycles. The predicted octanol–water partition coefficient (Wildman–Crippen LogP) is -0.152. The van der Waals surface area contributed by atoms with E-state index in [0.29, 0.717) is 13.1 Å². The van der Waals surface area contributed by atoms with Gasteiger partial charge in [-0.1, -0.05) is 0 Å². The summed E-state index contributed by atoms with van der Waals surface area (Å²) < 4.78 is 5.09. The van der Waals surface area contributed by atoms with E-state index in [1.165, 1.54) is 0 Å². The number of β-amino-alcohol motifs (C(OH)–C–C–N with tert-alkyl or cyclic N) is 1. The van der Waals surface area contributed by atoms with Gasteiger partial charge in [0.05, 0.1) is 6.10 Å². The van der Waals surface area contributed by atoms with Gasteiger partial charge in [-0.15, -0.1) is 0 Å². The molecule has 1 rings (SSSR count). The monoisotopic (exact) mass is 245 g/mol. The minimum absolute atomic E-state index is 0.0789. The molecule has 1 aliphatic rings. The number of aliphatic hydroxyl groups is 1. The molecule has 0 saturated carbocycles. The first kappa shape index (κ1) is 13.9. The molecule has 98 valence electrons. The number of nitrogens with zero attached hydrogens (tertiary/aromatic N) is 1.